The largest absolute Gasteiger partial charge is 0.497 e. The molecule has 210 valence electrons. The number of halogens is 1. The highest BCUT2D eigenvalue weighted by Gasteiger charge is 2.30. The van der Waals surface area contributed by atoms with E-state index in [0.29, 0.717) is 36.0 Å². The Morgan fingerprint density at radius 1 is 1.13 bits per heavy atom. The summed E-state index contributed by atoms with van der Waals surface area (Å²) < 4.78 is 20.9. The van der Waals surface area contributed by atoms with E-state index in [-0.39, 0.29) is 6.42 Å². The van der Waals surface area contributed by atoms with Crippen LogP contribution < -0.4 is 4.74 Å². The third kappa shape index (κ3) is 8.25. The van der Waals surface area contributed by atoms with Crippen LogP contribution in [-0.4, -0.2) is 47.7 Å². The third-order valence-corrected chi connectivity index (χ3v) is 8.50. The molecule has 1 fully saturated rings. The number of aliphatic carboxylic acids is 1. The lowest BCUT2D eigenvalue weighted by molar-refractivity contribution is -0.137. The van der Waals surface area contributed by atoms with Crippen molar-refractivity contribution < 1.29 is 19.0 Å². The number of benzene rings is 2. The second-order valence-corrected chi connectivity index (χ2v) is 11.1. The molecule has 2 aromatic carbocycles. The molecule has 3 aromatic rings. The van der Waals surface area contributed by atoms with E-state index in [4.69, 9.17) is 4.74 Å². The standard InChI is InChI=1S/C33H43FN2O3/c1-24-8-5-6-10-25(24)9-4-3-7-20-36-21-18-26(27(23-36)12-16-33(37)38)11-14-31(34)29-17-19-35-32-15-13-28(39-2)22-30(29)32/h5-6,8,10,13,15,17,19,22,26-27,31H,3-4,7,9,11-12,14,16,18,20-21,23H2,1-2H3,(H,37,38)/t26-,27-,31-/m1/s1. The first-order valence-corrected chi connectivity index (χ1v) is 14.5. The highest BCUT2D eigenvalue weighted by molar-refractivity contribution is 5.83. The Kier molecular flexibility index (Phi) is 10.7. The van der Waals surface area contributed by atoms with Gasteiger partial charge in [0.15, 0.2) is 0 Å². The second kappa shape index (κ2) is 14.4. The SMILES string of the molecule is COc1ccc2nccc([C@H](F)CC[C@@H]3CCN(CCCCCc4ccccc4C)C[C@H]3CCC(=O)O)c2c1. The summed E-state index contributed by atoms with van der Waals surface area (Å²) in [5.41, 5.74) is 4.23. The summed E-state index contributed by atoms with van der Waals surface area (Å²) in [7, 11) is 1.61. The molecular formula is C33H43FN2O3. The molecule has 0 spiro atoms. The zero-order valence-electron chi connectivity index (χ0n) is 23.4. The molecule has 6 heteroatoms. The highest BCUT2D eigenvalue weighted by atomic mass is 19.1. The number of aryl methyl sites for hydroxylation is 2. The number of ether oxygens (including phenoxy) is 1. The van der Waals surface area contributed by atoms with E-state index in [2.05, 4.69) is 41.1 Å². The number of carbonyl (C=O) groups is 1. The minimum absolute atomic E-state index is 0.180. The summed E-state index contributed by atoms with van der Waals surface area (Å²) in [5.74, 6) is 0.591. The van der Waals surface area contributed by atoms with E-state index in [1.807, 2.05) is 18.2 Å². The first kappa shape index (κ1) is 29.0. The molecular weight excluding hydrogens is 491 g/mol. The highest BCUT2D eigenvalue weighted by Crippen LogP contribution is 2.36. The van der Waals surface area contributed by atoms with Crippen LogP contribution in [-0.2, 0) is 11.2 Å². The second-order valence-electron chi connectivity index (χ2n) is 11.1. The Labute approximate surface area is 232 Å². The van der Waals surface area contributed by atoms with Gasteiger partial charge in [0.2, 0.25) is 0 Å². The predicted octanol–water partition coefficient (Wildman–Crippen LogP) is 7.56. The van der Waals surface area contributed by atoms with E-state index in [9.17, 15) is 9.90 Å². The molecule has 1 N–H and O–H groups in total. The number of pyridine rings is 1. The molecule has 2 heterocycles. The van der Waals surface area contributed by atoms with Gasteiger partial charge in [-0.05, 0) is 118 Å². The van der Waals surface area contributed by atoms with E-state index >= 15 is 4.39 Å². The molecule has 0 radical (unpaired) electrons. The lowest BCUT2D eigenvalue weighted by atomic mass is 9.79. The summed E-state index contributed by atoms with van der Waals surface area (Å²) >= 11 is 0. The third-order valence-electron chi connectivity index (χ3n) is 8.50. The molecule has 39 heavy (non-hydrogen) atoms. The van der Waals surface area contributed by atoms with Gasteiger partial charge in [0, 0.05) is 24.5 Å². The topological polar surface area (TPSA) is 62.7 Å². The van der Waals surface area contributed by atoms with Gasteiger partial charge >= 0.3 is 5.97 Å². The molecule has 1 aliphatic rings. The predicted molar refractivity (Wildman–Crippen MR) is 155 cm³/mol. The fourth-order valence-corrected chi connectivity index (χ4v) is 6.16. The molecule has 0 saturated carbocycles. The van der Waals surface area contributed by atoms with E-state index < -0.39 is 12.1 Å². The first-order chi connectivity index (χ1) is 18.9. The van der Waals surface area contributed by atoms with Gasteiger partial charge in [-0.25, -0.2) is 4.39 Å². The van der Waals surface area contributed by atoms with Crippen LogP contribution in [0, 0.1) is 18.8 Å². The average Bonchev–Trinajstić information content (AvgIpc) is 2.95. The van der Waals surface area contributed by atoms with Gasteiger partial charge in [-0.2, -0.15) is 0 Å². The van der Waals surface area contributed by atoms with Gasteiger partial charge in [-0.1, -0.05) is 30.7 Å². The number of fused-ring (bicyclic) bond motifs is 1. The van der Waals surface area contributed by atoms with Gasteiger partial charge < -0.3 is 14.7 Å². The van der Waals surface area contributed by atoms with Crippen molar-refractivity contribution in [2.45, 2.75) is 70.9 Å². The molecule has 1 aromatic heterocycles. The van der Waals surface area contributed by atoms with Crippen LogP contribution in [0.3, 0.4) is 0 Å². The molecule has 0 bridgehead atoms. The Balaban J connectivity index is 1.29. The maximum Gasteiger partial charge on any atom is 0.303 e. The lowest BCUT2D eigenvalue weighted by Gasteiger charge is -2.39. The fourth-order valence-electron chi connectivity index (χ4n) is 6.16. The number of unbranched alkanes of at least 4 members (excludes halogenated alkanes) is 2. The summed E-state index contributed by atoms with van der Waals surface area (Å²) in [6.07, 6.45) is 8.31. The number of aromatic nitrogens is 1. The van der Waals surface area contributed by atoms with Crippen LogP contribution in [0.2, 0.25) is 0 Å². The molecule has 0 aliphatic carbocycles. The molecule has 5 nitrogen and oxygen atoms in total. The Bertz CT molecular complexity index is 1220. The lowest BCUT2D eigenvalue weighted by Crippen LogP contribution is -2.41. The molecule has 0 amide bonds. The summed E-state index contributed by atoms with van der Waals surface area (Å²) in [5, 5.41) is 10.1. The average molecular weight is 535 g/mol. The maximum absolute atomic E-state index is 15.6. The van der Waals surface area contributed by atoms with Gasteiger partial charge in [0.1, 0.15) is 11.9 Å². The number of carboxylic acids is 1. The smallest absolute Gasteiger partial charge is 0.303 e. The number of methoxy groups -OCH3 is 1. The molecule has 0 unspecified atom stereocenters. The van der Waals surface area contributed by atoms with Crippen LogP contribution in [0.5, 0.6) is 5.75 Å². The zero-order valence-corrected chi connectivity index (χ0v) is 23.4. The number of carboxylic acid groups (broad SMARTS) is 1. The normalized spacial score (nSPS) is 18.7. The summed E-state index contributed by atoms with van der Waals surface area (Å²) in [4.78, 5) is 18.2. The first-order valence-electron chi connectivity index (χ1n) is 14.5. The zero-order chi connectivity index (χ0) is 27.6. The van der Waals surface area contributed by atoms with Crippen molar-refractivity contribution in [3.8, 4) is 5.75 Å². The number of alkyl halides is 1. The Morgan fingerprint density at radius 3 is 2.77 bits per heavy atom. The van der Waals surface area contributed by atoms with Crippen molar-refractivity contribution in [3.63, 3.8) is 0 Å². The fraction of sp³-hybridized carbons (Fsp3) is 0.515. The number of hydrogen-bond acceptors (Lipinski definition) is 4. The molecule has 4 rings (SSSR count). The van der Waals surface area contributed by atoms with Crippen molar-refractivity contribution in [1.29, 1.82) is 0 Å². The van der Waals surface area contributed by atoms with Crippen molar-refractivity contribution in [2.24, 2.45) is 11.8 Å². The van der Waals surface area contributed by atoms with Gasteiger partial charge in [-0.3, -0.25) is 9.78 Å². The number of rotatable bonds is 14. The van der Waals surface area contributed by atoms with Gasteiger partial charge in [0.25, 0.3) is 0 Å². The number of nitrogens with zero attached hydrogens (tertiary/aromatic N) is 2. The summed E-state index contributed by atoms with van der Waals surface area (Å²) in [6.45, 7) is 5.17. The minimum Gasteiger partial charge on any atom is -0.497 e. The molecule has 3 atom stereocenters. The number of piperidine rings is 1. The number of likely N-dealkylation sites (tertiary alicyclic amines) is 1. The minimum atomic E-state index is -1.09. The Morgan fingerprint density at radius 2 is 1.97 bits per heavy atom. The Hall–Kier alpha value is -2.99. The van der Waals surface area contributed by atoms with Crippen LogP contribution >= 0.6 is 0 Å². The number of hydrogen-bond donors (Lipinski definition) is 1. The van der Waals surface area contributed by atoms with E-state index in [1.165, 1.54) is 24.0 Å². The van der Waals surface area contributed by atoms with E-state index in [0.717, 1.165) is 56.2 Å². The van der Waals surface area contributed by atoms with Crippen molar-refractivity contribution in [2.75, 3.05) is 26.7 Å². The van der Waals surface area contributed by atoms with Crippen LogP contribution in [0.25, 0.3) is 10.9 Å². The van der Waals surface area contributed by atoms with Gasteiger partial charge in [0.05, 0.1) is 12.6 Å². The van der Waals surface area contributed by atoms with Crippen molar-refractivity contribution in [1.82, 2.24) is 9.88 Å². The van der Waals surface area contributed by atoms with Crippen LogP contribution in [0.15, 0.2) is 54.7 Å². The maximum atomic E-state index is 15.6. The van der Waals surface area contributed by atoms with Crippen molar-refractivity contribution >= 4 is 16.9 Å². The quantitative estimate of drug-likeness (QED) is 0.216. The van der Waals surface area contributed by atoms with Crippen LogP contribution in [0.1, 0.15) is 74.2 Å². The molecule has 1 saturated heterocycles. The molecule has 1 aliphatic heterocycles. The van der Waals surface area contributed by atoms with Gasteiger partial charge in [-0.15, -0.1) is 0 Å². The monoisotopic (exact) mass is 534 g/mol. The van der Waals surface area contributed by atoms with E-state index in [1.54, 1.807) is 19.4 Å². The summed E-state index contributed by atoms with van der Waals surface area (Å²) in [6, 6.07) is 16.0. The van der Waals surface area contributed by atoms with Crippen LogP contribution in [0.4, 0.5) is 4.39 Å². The van der Waals surface area contributed by atoms with Crippen molar-refractivity contribution in [3.05, 3.63) is 71.4 Å².